The zero-order valence-corrected chi connectivity index (χ0v) is 16.2. The molecule has 0 saturated heterocycles. The molecule has 0 bridgehead atoms. The third-order valence-electron chi connectivity index (χ3n) is 5.51. The number of amides is 1. The predicted molar refractivity (Wildman–Crippen MR) is 103 cm³/mol. The van der Waals surface area contributed by atoms with Gasteiger partial charge in [0.2, 0.25) is 5.91 Å². The minimum atomic E-state index is -0.563. The van der Waals surface area contributed by atoms with Gasteiger partial charge >= 0.3 is 0 Å². The van der Waals surface area contributed by atoms with Gasteiger partial charge in [0.15, 0.2) is 5.82 Å². The molecule has 1 fully saturated rings. The molecule has 6 nitrogen and oxygen atoms in total. The van der Waals surface area contributed by atoms with Crippen molar-refractivity contribution in [1.29, 1.82) is 0 Å². The monoisotopic (exact) mass is 355 g/mol. The predicted octanol–water partition coefficient (Wildman–Crippen LogP) is 3.42. The van der Waals surface area contributed by atoms with E-state index in [9.17, 15) is 4.79 Å². The summed E-state index contributed by atoms with van der Waals surface area (Å²) in [7, 11) is 1.89. The van der Waals surface area contributed by atoms with Crippen molar-refractivity contribution in [3.05, 3.63) is 41.5 Å². The van der Waals surface area contributed by atoms with Gasteiger partial charge in [0.25, 0.3) is 0 Å². The van der Waals surface area contributed by atoms with E-state index in [1.54, 1.807) is 6.33 Å². The van der Waals surface area contributed by atoms with Crippen molar-refractivity contribution in [2.24, 2.45) is 7.05 Å². The summed E-state index contributed by atoms with van der Waals surface area (Å²) in [6.07, 6.45) is 6.64. The average Bonchev–Trinajstić information content (AvgIpc) is 3.05. The summed E-state index contributed by atoms with van der Waals surface area (Å²) in [5, 5.41) is 14.8. The molecule has 1 aromatic carbocycles. The van der Waals surface area contributed by atoms with E-state index >= 15 is 0 Å². The maximum Gasteiger partial charge on any atom is 0.246 e. The Bertz CT molecular complexity index is 776. The van der Waals surface area contributed by atoms with Gasteiger partial charge < -0.3 is 15.2 Å². The van der Waals surface area contributed by atoms with Crippen LogP contribution < -0.4 is 10.6 Å². The fourth-order valence-corrected chi connectivity index (χ4v) is 3.74. The molecule has 1 aliphatic carbocycles. The van der Waals surface area contributed by atoms with E-state index in [1.165, 1.54) is 17.5 Å². The average molecular weight is 355 g/mol. The molecule has 26 heavy (non-hydrogen) atoms. The molecule has 1 saturated carbocycles. The number of anilines is 1. The zero-order chi connectivity index (χ0) is 18.7. The van der Waals surface area contributed by atoms with Gasteiger partial charge in [-0.1, -0.05) is 25.3 Å². The Kier molecular flexibility index (Phi) is 5.30. The quantitative estimate of drug-likeness (QED) is 0.862. The number of carbonyl (C=O) groups excluding carboxylic acids is 1. The molecule has 0 radical (unpaired) electrons. The summed E-state index contributed by atoms with van der Waals surface area (Å²) >= 11 is 0. The van der Waals surface area contributed by atoms with Crippen molar-refractivity contribution in [2.75, 3.05) is 5.32 Å². The first kappa shape index (κ1) is 18.4. The number of hydrogen-bond donors (Lipinski definition) is 2. The van der Waals surface area contributed by atoms with Gasteiger partial charge in [0, 0.05) is 12.7 Å². The highest BCUT2D eigenvalue weighted by atomic mass is 16.2. The van der Waals surface area contributed by atoms with Crippen molar-refractivity contribution in [3.63, 3.8) is 0 Å². The van der Waals surface area contributed by atoms with E-state index in [0.29, 0.717) is 0 Å². The molecular weight excluding hydrogens is 326 g/mol. The van der Waals surface area contributed by atoms with Crippen molar-refractivity contribution in [2.45, 2.75) is 64.5 Å². The second-order valence-corrected chi connectivity index (χ2v) is 7.56. The van der Waals surface area contributed by atoms with Crippen LogP contribution in [-0.2, 0) is 11.8 Å². The van der Waals surface area contributed by atoms with Crippen LogP contribution in [-0.4, -0.2) is 26.2 Å². The van der Waals surface area contributed by atoms with Crippen molar-refractivity contribution >= 4 is 11.6 Å². The Balaban J connectivity index is 1.81. The number of rotatable bonds is 5. The highest BCUT2D eigenvalue weighted by Crippen LogP contribution is 2.33. The SMILES string of the molecule is Cc1ccc(NC2(C(=O)NC(C)c3nncn3C)CCCCC2)cc1C. The van der Waals surface area contributed by atoms with Crippen LogP contribution in [0.5, 0.6) is 0 Å². The van der Waals surface area contributed by atoms with Gasteiger partial charge in [0.05, 0.1) is 6.04 Å². The smallest absolute Gasteiger partial charge is 0.246 e. The van der Waals surface area contributed by atoms with Gasteiger partial charge in [-0.15, -0.1) is 10.2 Å². The molecule has 1 amide bonds. The maximum atomic E-state index is 13.3. The molecule has 3 rings (SSSR count). The third kappa shape index (κ3) is 3.74. The zero-order valence-electron chi connectivity index (χ0n) is 16.2. The van der Waals surface area contributed by atoms with Crippen LogP contribution in [0, 0.1) is 13.8 Å². The van der Waals surface area contributed by atoms with Gasteiger partial charge in [-0.3, -0.25) is 4.79 Å². The Morgan fingerprint density at radius 1 is 1.19 bits per heavy atom. The van der Waals surface area contributed by atoms with Gasteiger partial charge in [-0.25, -0.2) is 0 Å². The molecule has 1 unspecified atom stereocenters. The first-order chi connectivity index (χ1) is 12.4. The Labute approximate surface area is 155 Å². The number of benzene rings is 1. The largest absolute Gasteiger partial charge is 0.371 e. The lowest BCUT2D eigenvalue weighted by molar-refractivity contribution is -0.127. The first-order valence-corrected chi connectivity index (χ1v) is 9.41. The molecule has 2 N–H and O–H groups in total. The Hall–Kier alpha value is -2.37. The van der Waals surface area contributed by atoms with E-state index in [0.717, 1.165) is 37.2 Å². The fourth-order valence-electron chi connectivity index (χ4n) is 3.74. The molecule has 1 aromatic heterocycles. The minimum Gasteiger partial charge on any atom is -0.371 e. The van der Waals surface area contributed by atoms with E-state index in [1.807, 2.05) is 18.5 Å². The molecule has 1 atom stereocenters. The van der Waals surface area contributed by atoms with Crippen LogP contribution in [0.15, 0.2) is 24.5 Å². The molecule has 6 heteroatoms. The van der Waals surface area contributed by atoms with Gasteiger partial charge in [0.1, 0.15) is 11.9 Å². The van der Waals surface area contributed by atoms with E-state index < -0.39 is 5.54 Å². The van der Waals surface area contributed by atoms with Crippen LogP contribution in [0.1, 0.15) is 62.0 Å². The first-order valence-electron chi connectivity index (χ1n) is 9.41. The third-order valence-corrected chi connectivity index (χ3v) is 5.51. The van der Waals surface area contributed by atoms with E-state index in [2.05, 4.69) is 52.9 Å². The number of aryl methyl sites for hydroxylation is 3. The molecule has 140 valence electrons. The van der Waals surface area contributed by atoms with Crippen molar-refractivity contribution < 1.29 is 4.79 Å². The molecule has 1 heterocycles. The second kappa shape index (κ2) is 7.48. The highest BCUT2D eigenvalue weighted by Gasteiger charge is 2.40. The number of carbonyl (C=O) groups is 1. The fraction of sp³-hybridized carbons (Fsp3) is 0.550. The highest BCUT2D eigenvalue weighted by molar-refractivity contribution is 5.89. The Morgan fingerprint density at radius 2 is 1.92 bits per heavy atom. The molecule has 1 aliphatic rings. The van der Waals surface area contributed by atoms with E-state index in [4.69, 9.17) is 0 Å². The van der Waals surface area contributed by atoms with Crippen molar-refractivity contribution in [1.82, 2.24) is 20.1 Å². The van der Waals surface area contributed by atoms with Crippen LogP contribution in [0.4, 0.5) is 5.69 Å². The summed E-state index contributed by atoms with van der Waals surface area (Å²) in [4.78, 5) is 13.3. The van der Waals surface area contributed by atoms with E-state index in [-0.39, 0.29) is 11.9 Å². The Morgan fingerprint density at radius 3 is 2.54 bits per heavy atom. The summed E-state index contributed by atoms with van der Waals surface area (Å²) in [6.45, 7) is 6.16. The van der Waals surface area contributed by atoms with Crippen LogP contribution in [0.2, 0.25) is 0 Å². The van der Waals surface area contributed by atoms with Crippen LogP contribution in [0.3, 0.4) is 0 Å². The molecule has 0 aliphatic heterocycles. The molecule has 2 aromatic rings. The number of nitrogens with one attached hydrogen (secondary N) is 2. The summed E-state index contributed by atoms with van der Waals surface area (Å²) in [5.74, 6) is 0.807. The molecular formula is C20H29N5O. The van der Waals surface area contributed by atoms with Crippen molar-refractivity contribution in [3.8, 4) is 0 Å². The topological polar surface area (TPSA) is 71.8 Å². The van der Waals surface area contributed by atoms with Gasteiger partial charge in [-0.2, -0.15) is 0 Å². The summed E-state index contributed by atoms with van der Waals surface area (Å²) in [6, 6.07) is 6.12. The number of nitrogens with zero attached hydrogens (tertiary/aromatic N) is 3. The lowest BCUT2D eigenvalue weighted by atomic mass is 9.80. The minimum absolute atomic E-state index is 0.0472. The van der Waals surface area contributed by atoms with Crippen LogP contribution >= 0.6 is 0 Å². The lowest BCUT2D eigenvalue weighted by Crippen LogP contribution is -2.54. The number of aromatic nitrogens is 3. The number of hydrogen-bond acceptors (Lipinski definition) is 4. The second-order valence-electron chi connectivity index (χ2n) is 7.56. The van der Waals surface area contributed by atoms with Gasteiger partial charge in [-0.05, 0) is 56.9 Å². The van der Waals surface area contributed by atoms with Crippen LogP contribution in [0.25, 0.3) is 0 Å². The summed E-state index contributed by atoms with van der Waals surface area (Å²) < 4.78 is 1.84. The lowest BCUT2D eigenvalue weighted by Gasteiger charge is -2.38. The standard InChI is InChI=1S/C20H29N5O/c1-14-8-9-17(12-15(14)2)23-20(10-6-5-7-11-20)19(26)22-16(3)18-24-21-13-25(18)4/h8-9,12-13,16,23H,5-7,10-11H2,1-4H3,(H,22,26). The molecule has 0 spiro atoms. The normalized spacial score (nSPS) is 17.5. The maximum absolute atomic E-state index is 13.3. The summed E-state index contributed by atoms with van der Waals surface area (Å²) in [5.41, 5.74) is 2.94.